The predicted octanol–water partition coefficient (Wildman–Crippen LogP) is 6.80. The first-order valence-corrected chi connectivity index (χ1v) is 15.6. The summed E-state index contributed by atoms with van der Waals surface area (Å²) < 4.78 is 12.2. The van der Waals surface area contributed by atoms with Crippen molar-refractivity contribution in [2.24, 2.45) is 0 Å². The van der Waals surface area contributed by atoms with Crippen molar-refractivity contribution >= 4 is 34.3 Å². The molecule has 0 bridgehead atoms. The van der Waals surface area contributed by atoms with E-state index in [1.807, 2.05) is 72.8 Å². The number of alkyl halides is 1. The Balaban J connectivity index is 1.58. The summed E-state index contributed by atoms with van der Waals surface area (Å²) in [5.41, 5.74) is 4.34. The molecule has 45 heavy (non-hydrogen) atoms. The fourth-order valence-corrected chi connectivity index (χ4v) is 5.36. The third-order valence-electron chi connectivity index (χ3n) is 7.66. The van der Waals surface area contributed by atoms with Crippen LogP contribution in [0.4, 0.5) is 11.8 Å². The molecule has 1 unspecified atom stereocenters. The number of ether oxygens (including phenoxy) is 2. The molecule has 0 saturated heterocycles. The van der Waals surface area contributed by atoms with E-state index in [1.165, 1.54) is 4.68 Å². The SMILES string of the molecule is CCCC(C)Nc1nc(N(Cc2ccc(OC)cc2)Cc2ccc(OC)cc2)nc2cnn(Cc3ccc(CCl)cc3)c(=O)c12. The van der Waals surface area contributed by atoms with Gasteiger partial charge in [-0.15, -0.1) is 11.6 Å². The zero-order valence-corrected chi connectivity index (χ0v) is 26.9. The van der Waals surface area contributed by atoms with Crippen molar-refractivity contribution < 1.29 is 9.47 Å². The van der Waals surface area contributed by atoms with Crippen LogP contribution in [0.5, 0.6) is 11.5 Å². The van der Waals surface area contributed by atoms with E-state index in [0.29, 0.717) is 48.2 Å². The summed E-state index contributed by atoms with van der Waals surface area (Å²) in [5.74, 6) is 3.01. The lowest BCUT2D eigenvalue weighted by Crippen LogP contribution is -2.28. The Morgan fingerprint density at radius 3 is 1.93 bits per heavy atom. The van der Waals surface area contributed by atoms with Crippen molar-refractivity contribution in [2.45, 2.75) is 58.2 Å². The van der Waals surface area contributed by atoms with Crippen LogP contribution in [0.2, 0.25) is 0 Å². The van der Waals surface area contributed by atoms with E-state index < -0.39 is 0 Å². The molecule has 5 aromatic rings. The Labute approximate surface area is 268 Å². The van der Waals surface area contributed by atoms with Gasteiger partial charge in [0.1, 0.15) is 28.2 Å². The quantitative estimate of drug-likeness (QED) is 0.135. The third kappa shape index (κ3) is 7.91. The van der Waals surface area contributed by atoms with Crippen molar-refractivity contribution in [3.63, 3.8) is 0 Å². The Morgan fingerprint density at radius 1 is 0.844 bits per heavy atom. The van der Waals surface area contributed by atoms with E-state index >= 15 is 0 Å². The van der Waals surface area contributed by atoms with Crippen LogP contribution < -0.4 is 25.2 Å². The van der Waals surface area contributed by atoms with Gasteiger partial charge in [-0.2, -0.15) is 10.1 Å². The number of fused-ring (bicyclic) bond motifs is 1. The first kappa shape index (κ1) is 31.8. The van der Waals surface area contributed by atoms with Gasteiger partial charge >= 0.3 is 0 Å². The van der Waals surface area contributed by atoms with E-state index in [2.05, 4.69) is 29.2 Å². The number of anilines is 2. The van der Waals surface area contributed by atoms with Gasteiger partial charge in [-0.05, 0) is 59.9 Å². The molecule has 1 atom stereocenters. The number of hydrogen-bond donors (Lipinski definition) is 1. The van der Waals surface area contributed by atoms with E-state index in [-0.39, 0.29) is 11.6 Å². The van der Waals surface area contributed by atoms with Crippen LogP contribution in [-0.4, -0.2) is 40.0 Å². The summed E-state index contributed by atoms with van der Waals surface area (Å²) in [6, 6.07) is 23.8. The van der Waals surface area contributed by atoms with Crippen molar-refractivity contribution in [1.29, 1.82) is 0 Å². The molecular weight excluding hydrogens is 588 g/mol. The molecule has 234 valence electrons. The number of halogens is 1. The van der Waals surface area contributed by atoms with Gasteiger partial charge in [0.05, 0.1) is 27.0 Å². The van der Waals surface area contributed by atoms with Crippen molar-refractivity contribution in [2.75, 3.05) is 24.4 Å². The first-order valence-electron chi connectivity index (χ1n) is 15.1. The molecule has 0 amide bonds. The van der Waals surface area contributed by atoms with Crippen LogP contribution in [0.1, 0.15) is 48.9 Å². The summed E-state index contributed by atoms with van der Waals surface area (Å²) in [6.45, 7) is 5.63. The van der Waals surface area contributed by atoms with Gasteiger partial charge < -0.3 is 19.7 Å². The molecule has 0 spiro atoms. The van der Waals surface area contributed by atoms with E-state index in [9.17, 15) is 4.79 Å². The second-order valence-electron chi connectivity index (χ2n) is 11.1. The molecule has 0 radical (unpaired) electrons. The summed E-state index contributed by atoms with van der Waals surface area (Å²) in [6.07, 6.45) is 3.58. The van der Waals surface area contributed by atoms with Crippen LogP contribution in [0, 0.1) is 0 Å². The second kappa shape index (κ2) is 14.9. The Kier molecular flexibility index (Phi) is 10.5. The maximum Gasteiger partial charge on any atom is 0.280 e. The van der Waals surface area contributed by atoms with E-state index in [1.54, 1.807) is 20.4 Å². The van der Waals surface area contributed by atoms with Crippen molar-refractivity contribution in [1.82, 2.24) is 19.7 Å². The second-order valence-corrected chi connectivity index (χ2v) is 11.3. The number of aromatic nitrogens is 4. The number of hydrogen-bond acceptors (Lipinski definition) is 8. The van der Waals surface area contributed by atoms with Gasteiger partial charge in [0.2, 0.25) is 5.95 Å². The molecule has 5 rings (SSSR count). The Morgan fingerprint density at radius 2 is 1.40 bits per heavy atom. The minimum Gasteiger partial charge on any atom is -0.497 e. The lowest BCUT2D eigenvalue weighted by Gasteiger charge is -2.25. The number of benzene rings is 3. The highest BCUT2D eigenvalue weighted by Gasteiger charge is 2.20. The van der Waals surface area contributed by atoms with Gasteiger partial charge in [-0.25, -0.2) is 9.67 Å². The van der Waals surface area contributed by atoms with Crippen LogP contribution in [-0.2, 0) is 25.5 Å². The lowest BCUT2D eigenvalue weighted by atomic mass is 10.1. The molecule has 0 aliphatic heterocycles. The number of nitrogens with zero attached hydrogens (tertiary/aromatic N) is 5. The minimum atomic E-state index is -0.247. The first-order chi connectivity index (χ1) is 21.9. The summed E-state index contributed by atoms with van der Waals surface area (Å²) in [4.78, 5) is 26.0. The van der Waals surface area contributed by atoms with E-state index in [4.69, 9.17) is 31.0 Å². The Bertz CT molecular complexity index is 1710. The highest BCUT2D eigenvalue weighted by Crippen LogP contribution is 2.26. The van der Waals surface area contributed by atoms with Crippen molar-refractivity contribution in [3.8, 4) is 11.5 Å². The zero-order chi connectivity index (χ0) is 31.8. The number of rotatable bonds is 14. The summed E-state index contributed by atoms with van der Waals surface area (Å²) in [5, 5.41) is 8.46. The Hall–Kier alpha value is -4.63. The molecule has 2 aromatic heterocycles. The van der Waals surface area contributed by atoms with Gasteiger partial charge in [-0.1, -0.05) is 61.9 Å². The van der Waals surface area contributed by atoms with Crippen LogP contribution in [0.25, 0.3) is 10.9 Å². The molecule has 0 fully saturated rings. The summed E-state index contributed by atoms with van der Waals surface area (Å²) in [7, 11) is 3.31. The van der Waals surface area contributed by atoms with E-state index in [0.717, 1.165) is 46.6 Å². The number of methoxy groups -OCH3 is 2. The lowest BCUT2D eigenvalue weighted by molar-refractivity contribution is 0.414. The molecule has 2 heterocycles. The van der Waals surface area contributed by atoms with Crippen LogP contribution in [0.15, 0.2) is 83.8 Å². The average molecular weight is 627 g/mol. The van der Waals surface area contributed by atoms with Gasteiger partial charge in [0, 0.05) is 25.0 Å². The highest BCUT2D eigenvalue weighted by atomic mass is 35.5. The molecule has 3 aromatic carbocycles. The predicted molar refractivity (Wildman–Crippen MR) is 181 cm³/mol. The molecule has 10 heteroatoms. The largest absolute Gasteiger partial charge is 0.497 e. The minimum absolute atomic E-state index is 0.0988. The standard InChI is InChI=1S/C35H39ClN6O3/c1-5-6-24(2)38-33-32-31(20-37-42(34(32)43)23-28-9-7-25(19-36)8-10-28)39-35(40-33)41(21-26-11-15-29(44-3)16-12-26)22-27-13-17-30(45-4)18-14-27/h7-18,20,24H,5-6,19,21-23H2,1-4H3,(H,38,39,40). The smallest absolute Gasteiger partial charge is 0.280 e. The normalized spacial score (nSPS) is 11.8. The third-order valence-corrected chi connectivity index (χ3v) is 7.96. The van der Waals surface area contributed by atoms with Crippen molar-refractivity contribution in [3.05, 3.63) is 112 Å². The summed E-state index contributed by atoms with van der Waals surface area (Å²) >= 11 is 5.96. The van der Waals surface area contributed by atoms with Gasteiger partial charge in [0.25, 0.3) is 5.56 Å². The number of nitrogens with one attached hydrogen (secondary N) is 1. The molecule has 9 nitrogen and oxygen atoms in total. The molecule has 0 saturated carbocycles. The average Bonchev–Trinajstić information content (AvgIpc) is 3.06. The molecule has 1 N–H and O–H groups in total. The molecular formula is C35H39ClN6O3. The van der Waals surface area contributed by atoms with Gasteiger partial charge in [0.15, 0.2) is 0 Å². The fourth-order valence-electron chi connectivity index (χ4n) is 5.18. The molecule has 0 aliphatic carbocycles. The highest BCUT2D eigenvalue weighted by molar-refractivity contribution is 6.17. The maximum absolute atomic E-state index is 13.9. The van der Waals surface area contributed by atoms with Crippen LogP contribution >= 0.6 is 11.6 Å². The molecule has 0 aliphatic rings. The maximum atomic E-state index is 13.9. The zero-order valence-electron chi connectivity index (χ0n) is 26.2. The fraction of sp³-hybridized carbons (Fsp3) is 0.314. The monoisotopic (exact) mass is 626 g/mol. The topological polar surface area (TPSA) is 94.4 Å². The van der Waals surface area contributed by atoms with Crippen LogP contribution in [0.3, 0.4) is 0 Å². The van der Waals surface area contributed by atoms with Gasteiger partial charge in [-0.3, -0.25) is 4.79 Å².